The summed E-state index contributed by atoms with van der Waals surface area (Å²) in [7, 11) is 0. The molecule has 0 amide bonds. The first kappa shape index (κ1) is 29.4. The number of rotatable bonds is 6. The molecule has 0 aromatic carbocycles. The Bertz CT molecular complexity index is 788. The van der Waals surface area contributed by atoms with Crippen LogP contribution >= 0.6 is 0 Å². The zero-order valence-corrected chi connectivity index (χ0v) is 23.0. The maximum Gasteiger partial charge on any atom is 0.320 e. The van der Waals surface area contributed by atoms with E-state index in [-0.39, 0.29) is 35.4 Å². The first-order valence-corrected chi connectivity index (χ1v) is 14.3. The number of fused-ring (bicyclic) bond motifs is 5. The molecule has 0 saturated heterocycles. The molecule has 208 valence electrons. The molecule has 4 saturated carbocycles. The van der Waals surface area contributed by atoms with E-state index in [0.29, 0.717) is 35.5 Å². The SMILES string of the molecule is CC(C)C(N)C(=O)O.C[C@H](CCC(=O)O)[C@H]1CC[C@H]2[C@@H]3[C@@H](O)C[C@@H]4C[C@H](O)CC[C@]4(C)[C@H]3CC[C@]12C. The van der Waals surface area contributed by atoms with Crippen LogP contribution in [0.1, 0.15) is 98.8 Å². The van der Waals surface area contributed by atoms with Crippen LogP contribution in [-0.4, -0.2) is 50.6 Å². The topological polar surface area (TPSA) is 141 Å². The minimum Gasteiger partial charge on any atom is -0.481 e. The highest BCUT2D eigenvalue weighted by Gasteiger charge is 2.62. The molecule has 0 radical (unpaired) electrons. The van der Waals surface area contributed by atoms with E-state index in [1.807, 2.05) is 0 Å². The van der Waals surface area contributed by atoms with Crippen LogP contribution in [-0.2, 0) is 9.59 Å². The van der Waals surface area contributed by atoms with Gasteiger partial charge in [-0.2, -0.15) is 0 Å². The van der Waals surface area contributed by atoms with Gasteiger partial charge in [0.25, 0.3) is 0 Å². The molecule has 4 aliphatic rings. The van der Waals surface area contributed by atoms with Crippen LogP contribution in [0.3, 0.4) is 0 Å². The molecule has 36 heavy (non-hydrogen) atoms. The molecular weight excluding hydrogens is 458 g/mol. The molecule has 4 aliphatic carbocycles. The predicted molar refractivity (Wildman–Crippen MR) is 139 cm³/mol. The Balaban J connectivity index is 0.000000392. The van der Waals surface area contributed by atoms with Crippen molar-refractivity contribution in [3.05, 3.63) is 0 Å². The average molecular weight is 510 g/mol. The van der Waals surface area contributed by atoms with Crippen LogP contribution < -0.4 is 5.73 Å². The van der Waals surface area contributed by atoms with Crippen LogP contribution in [0, 0.1) is 52.3 Å². The standard InChI is InChI=1S/C24H40O4.C5H11NO2/c1-14(4-7-21(27)28)17-5-6-18-22-19(9-11-24(17,18)3)23(2)10-8-16(25)12-15(23)13-20(22)26;1-3(2)4(6)5(7)8/h14-20,22,25-26H,4-13H2,1-3H3,(H,27,28);3-4H,6H2,1-2H3,(H,7,8)/t14-,15+,16-,17-,18+,19+,20+,22+,23+,24-;/m1./s1. The van der Waals surface area contributed by atoms with Crippen molar-refractivity contribution in [2.45, 2.75) is 117 Å². The summed E-state index contributed by atoms with van der Waals surface area (Å²) in [6.07, 6.45) is 9.19. The monoisotopic (exact) mass is 509 g/mol. The van der Waals surface area contributed by atoms with Gasteiger partial charge in [0.05, 0.1) is 12.2 Å². The van der Waals surface area contributed by atoms with Crippen LogP contribution in [0.25, 0.3) is 0 Å². The van der Waals surface area contributed by atoms with Gasteiger partial charge in [-0.3, -0.25) is 9.59 Å². The average Bonchev–Trinajstić information content (AvgIpc) is 3.15. The maximum absolute atomic E-state index is 11.2. The summed E-state index contributed by atoms with van der Waals surface area (Å²) in [6, 6.07) is -0.713. The van der Waals surface area contributed by atoms with E-state index >= 15 is 0 Å². The van der Waals surface area contributed by atoms with Crippen LogP contribution in [0.15, 0.2) is 0 Å². The van der Waals surface area contributed by atoms with E-state index in [4.69, 9.17) is 15.9 Å². The Labute approximate surface area is 217 Å². The fourth-order valence-electron chi connectivity index (χ4n) is 9.01. The summed E-state index contributed by atoms with van der Waals surface area (Å²) < 4.78 is 0. The van der Waals surface area contributed by atoms with Crippen molar-refractivity contribution < 1.29 is 30.0 Å². The molecule has 7 heteroatoms. The van der Waals surface area contributed by atoms with Crippen molar-refractivity contribution >= 4 is 11.9 Å². The lowest BCUT2D eigenvalue weighted by Crippen LogP contribution is -2.58. The molecule has 0 aliphatic heterocycles. The van der Waals surface area contributed by atoms with Gasteiger partial charge in [0.2, 0.25) is 0 Å². The Kier molecular flexibility index (Phi) is 9.21. The quantitative estimate of drug-likeness (QED) is 0.354. The number of nitrogens with two attached hydrogens (primary N) is 1. The number of carboxylic acid groups (broad SMARTS) is 2. The van der Waals surface area contributed by atoms with Gasteiger partial charge in [0.1, 0.15) is 6.04 Å². The first-order valence-electron chi connectivity index (χ1n) is 14.3. The maximum atomic E-state index is 11.2. The van der Waals surface area contributed by atoms with Crippen molar-refractivity contribution in [2.24, 2.45) is 58.0 Å². The van der Waals surface area contributed by atoms with Crippen molar-refractivity contribution in [3.8, 4) is 0 Å². The molecule has 4 fully saturated rings. The highest BCUT2D eigenvalue weighted by atomic mass is 16.4. The summed E-state index contributed by atoms with van der Waals surface area (Å²) >= 11 is 0. The zero-order valence-electron chi connectivity index (χ0n) is 23.0. The summed E-state index contributed by atoms with van der Waals surface area (Å²) in [5.41, 5.74) is 5.68. The lowest BCUT2D eigenvalue weighted by molar-refractivity contribution is -0.174. The molecule has 0 spiro atoms. The van der Waals surface area contributed by atoms with Crippen molar-refractivity contribution in [1.29, 1.82) is 0 Å². The second kappa shape index (κ2) is 11.3. The first-order chi connectivity index (χ1) is 16.7. The Morgan fingerprint density at radius 2 is 1.53 bits per heavy atom. The third kappa shape index (κ3) is 5.63. The normalized spacial score (nSPS) is 43.3. The molecule has 1 unspecified atom stereocenters. The number of hydrogen-bond donors (Lipinski definition) is 5. The van der Waals surface area contributed by atoms with Gasteiger partial charge >= 0.3 is 11.9 Å². The Hall–Kier alpha value is -1.18. The molecule has 0 bridgehead atoms. The second-order valence-corrected chi connectivity index (χ2v) is 13.5. The van der Waals surface area contributed by atoms with Gasteiger partial charge < -0.3 is 26.2 Å². The van der Waals surface area contributed by atoms with Gasteiger partial charge in [-0.25, -0.2) is 0 Å². The van der Waals surface area contributed by atoms with Crippen LogP contribution in [0.4, 0.5) is 0 Å². The highest BCUT2D eigenvalue weighted by Crippen LogP contribution is 2.68. The van der Waals surface area contributed by atoms with Crippen LogP contribution in [0.2, 0.25) is 0 Å². The molecule has 4 rings (SSSR count). The minimum atomic E-state index is -0.931. The lowest BCUT2D eigenvalue weighted by Gasteiger charge is -2.62. The summed E-state index contributed by atoms with van der Waals surface area (Å²) in [6.45, 7) is 10.7. The van der Waals surface area contributed by atoms with Crippen molar-refractivity contribution in [1.82, 2.24) is 0 Å². The smallest absolute Gasteiger partial charge is 0.320 e. The fourth-order valence-corrected chi connectivity index (χ4v) is 9.01. The predicted octanol–water partition coefficient (Wildman–Crippen LogP) is 4.53. The lowest BCUT2D eigenvalue weighted by atomic mass is 9.43. The van der Waals surface area contributed by atoms with E-state index in [2.05, 4.69) is 20.8 Å². The van der Waals surface area contributed by atoms with E-state index in [9.17, 15) is 19.8 Å². The summed E-state index contributed by atoms with van der Waals surface area (Å²) in [5, 5.41) is 38.8. The number of carboxylic acids is 2. The van der Waals surface area contributed by atoms with E-state index in [1.54, 1.807) is 13.8 Å². The third-order valence-corrected chi connectivity index (χ3v) is 11.2. The second-order valence-electron chi connectivity index (χ2n) is 13.5. The van der Waals surface area contributed by atoms with E-state index in [1.165, 1.54) is 25.7 Å². The zero-order chi connectivity index (χ0) is 27.0. The summed E-state index contributed by atoms with van der Waals surface area (Å²) in [5.74, 6) is 1.45. The van der Waals surface area contributed by atoms with Gasteiger partial charge in [-0.1, -0.05) is 34.6 Å². The number of aliphatic hydroxyl groups is 2. The molecule has 0 heterocycles. The van der Waals surface area contributed by atoms with Crippen molar-refractivity contribution in [2.75, 3.05) is 0 Å². The molecule has 11 atom stereocenters. The Morgan fingerprint density at radius 3 is 2.08 bits per heavy atom. The van der Waals surface area contributed by atoms with Crippen LogP contribution in [0.5, 0.6) is 0 Å². The molecule has 0 aromatic heterocycles. The number of carbonyl (C=O) groups is 2. The Morgan fingerprint density at radius 1 is 0.917 bits per heavy atom. The largest absolute Gasteiger partial charge is 0.481 e. The van der Waals surface area contributed by atoms with Gasteiger partial charge in [0.15, 0.2) is 0 Å². The molecule has 6 N–H and O–H groups in total. The van der Waals surface area contributed by atoms with E-state index < -0.39 is 18.0 Å². The minimum absolute atomic E-state index is 0.0208. The number of aliphatic hydroxyl groups excluding tert-OH is 2. The van der Waals surface area contributed by atoms with Gasteiger partial charge in [0, 0.05) is 6.42 Å². The fraction of sp³-hybridized carbons (Fsp3) is 0.931. The third-order valence-electron chi connectivity index (χ3n) is 11.2. The van der Waals surface area contributed by atoms with E-state index in [0.717, 1.165) is 32.1 Å². The van der Waals surface area contributed by atoms with Gasteiger partial charge in [-0.15, -0.1) is 0 Å². The molecule has 0 aromatic rings. The number of hydrogen-bond acceptors (Lipinski definition) is 5. The van der Waals surface area contributed by atoms with Crippen molar-refractivity contribution in [3.63, 3.8) is 0 Å². The molecule has 7 nitrogen and oxygen atoms in total. The number of aliphatic carboxylic acids is 2. The summed E-state index contributed by atoms with van der Waals surface area (Å²) in [4.78, 5) is 21.1. The highest BCUT2D eigenvalue weighted by molar-refractivity contribution is 5.73. The van der Waals surface area contributed by atoms with Gasteiger partial charge in [-0.05, 0) is 110 Å². The molecular formula is C29H51NO6.